The summed E-state index contributed by atoms with van der Waals surface area (Å²) in [4.78, 5) is 11.4. The van der Waals surface area contributed by atoms with Crippen molar-refractivity contribution < 1.29 is 27.5 Å². The quantitative estimate of drug-likeness (QED) is 0.145. The first-order valence-electron chi connectivity index (χ1n) is 15.3. The number of sulfonamides is 1. The van der Waals surface area contributed by atoms with Crippen molar-refractivity contribution in [1.29, 1.82) is 0 Å². The number of aliphatic carboxylic acids is 1. The molecule has 3 aromatic carbocycles. The van der Waals surface area contributed by atoms with Crippen LogP contribution in [-0.4, -0.2) is 46.2 Å². The van der Waals surface area contributed by atoms with Gasteiger partial charge >= 0.3 is 5.97 Å². The van der Waals surface area contributed by atoms with Crippen LogP contribution in [0.2, 0.25) is 18.1 Å². The molecule has 0 heterocycles. The lowest BCUT2D eigenvalue weighted by Gasteiger charge is -2.40. The van der Waals surface area contributed by atoms with Gasteiger partial charge < -0.3 is 19.6 Å². The standard InChI is InChI=1S/C35H50N2O6SSi/c1-25(33(38)39)28-17-15-26(16-18-28)22-35(5,6)36-23-32(43-45(8,9)34(2,3)4)29-19-20-31(30(21-29)37-44(7,40)41)42-24-27-13-11-10-12-14-27/h10-21,25,32,36-37H,22-24H2,1-9H3,(H,38,39). The Morgan fingerprint density at radius 3 is 2.07 bits per heavy atom. The van der Waals surface area contributed by atoms with Gasteiger partial charge in [0, 0.05) is 12.1 Å². The van der Waals surface area contributed by atoms with Gasteiger partial charge in [0.2, 0.25) is 10.0 Å². The van der Waals surface area contributed by atoms with Crippen LogP contribution >= 0.6 is 0 Å². The Bertz CT molecular complexity index is 1530. The van der Waals surface area contributed by atoms with E-state index in [1.54, 1.807) is 13.0 Å². The van der Waals surface area contributed by atoms with E-state index in [1.807, 2.05) is 66.7 Å². The normalized spacial score (nSPS) is 14.1. The maximum absolute atomic E-state index is 12.4. The van der Waals surface area contributed by atoms with Gasteiger partial charge in [0.15, 0.2) is 8.32 Å². The van der Waals surface area contributed by atoms with E-state index in [1.165, 1.54) is 0 Å². The Kier molecular flexibility index (Phi) is 11.7. The number of nitrogens with one attached hydrogen (secondary N) is 2. The number of carboxylic acids is 1. The SMILES string of the molecule is CC(C(=O)O)c1ccc(CC(C)(C)NCC(O[Si](C)(C)C(C)(C)C)c2ccc(OCc3ccccc3)c(NS(C)(=O)=O)c2)cc1. The molecule has 0 saturated heterocycles. The number of hydrogen-bond donors (Lipinski definition) is 3. The number of carbonyl (C=O) groups is 1. The lowest BCUT2D eigenvalue weighted by atomic mass is 9.92. The Labute approximate surface area is 270 Å². The average molecular weight is 655 g/mol. The highest BCUT2D eigenvalue weighted by molar-refractivity contribution is 7.92. The summed E-state index contributed by atoms with van der Waals surface area (Å²) in [6, 6.07) is 23.0. The van der Waals surface area contributed by atoms with E-state index in [0.717, 1.165) is 28.5 Å². The van der Waals surface area contributed by atoms with Gasteiger partial charge in [-0.25, -0.2) is 8.42 Å². The first-order chi connectivity index (χ1) is 20.8. The summed E-state index contributed by atoms with van der Waals surface area (Å²) < 4.78 is 40.4. The second-order valence-corrected chi connectivity index (χ2v) is 20.5. The first kappa shape index (κ1) is 36.3. The smallest absolute Gasteiger partial charge is 0.310 e. The molecule has 45 heavy (non-hydrogen) atoms. The van der Waals surface area contributed by atoms with E-state index in [-0.39, 0.29) is 16.7 Å². The van der Waals surface area contributed by atoms with Crippen LogP contribution in [0.5, 0.6) is 5.75 Å². The fraction of sp³-hybridized carbons (Fsp3) is 0.457. The van der Waals surface area contributed by atoms with Gasteiger partial charge in [-0.1, -0.05) is 81.4 Å². The third-order valence-corrected chi connectivity index (χ3v) is 13.5. The molecule has 0 aromatic heterocycles. The van der Waals surface area contributed by atoms with Gasteiger partial charge in [-0.3, -0.25) is 9.52 Å². The van der Waals surface area contributed by atoms with E-state index in [4.69, 9.17) is 9.16 Å². The molecule has 10 heteroatoms. The minimum Gasteiger partial charge on any atom is -0.487 e. The number of rotatable bonds is 15. The second-order valence-electron chi connectivity index (χ2n) is 14.0. The van der Waals surface area contributed by atoms with E-state index in [0.29, 0.717) is 31.0 Å². The predicted molar refractivity (Wildman–Crippen MR) is 185 cm³/mol. The molecule has 2 unspecified atom stereocenters. The summed E-state index contributed by atoms with van der Waals surface area (Å²) in [7, 11) is -5.82. The van der Waals surface area contributed by atoms with Gasteiger partial charge in [0.25, 0.3) is 0 Å². The fourth-order valence-electron chi connectivity index (χ4n) is 4.66. The topological polar surface area (TPSA) is 114 Å². The van der Waals surface area contributed by atoms with Gasteiger partial charge in [-0.2, -0.15) is 0 Å². The molecule has 0 saturated carbocycles. The third kappa shape index (κ3) is 11.0. The zero-order valence-corrected chi connectivity index (χ0v) is 29.9. The van der Waals surface area contributed by atoms with Crippen molar-refractivity contribution in [2.24, 2.45) is 0 Å². The van der Waals surface area contributed by atoms with Crippen molar-refractivity contribution >= 4 is 30.0 Å². The number of ether oxygens (including phenoxy) is 1. The average Bonchev–Trinajstić information content (AvgIpc) is 2.93. The summed E-state index contributed by atoms with van der Waals surface area (Å²) in [5.74, 6) is -0.966. The number of benzene rings is 3. The van der Waals surface area contributed by atoms with Crippen LogP contribution in [0.4, 0.5) is 5.69 Å². The molecule has 3 rings (SSSR count). The molecule has 3 aromatic rings. The minimum atomic E-state index is -3.58. The lowest BCUT2D eigenvalue weighted by Crippen LogP contribution is -2.47. The van der Waals surface area contributed by atoms with Crippen molar-refractivity contribution in [2.45, 2.75) is 90.3 Å². The Hall–Kier alpha value is -3.18. The highest BCUT2D eigenvalue weighted by Crippen LogP contribution is 2.41. The van der Waals surface area contributed by atoms with E-state index in [9.17, 15) is 18.3 Å². The van der Waals surface area contributed by atoms with Crippen molar-refractivity contribution in [3.8, 4) is 5.75 Å². The molecular weight excluding hydrogens is 605 g/mol. The zero-order chi connectivity index (χ0) is 33.6. The van der Waals surface area contributed by atoms with Crippen molar-refractivity contribution in [3.63, 3.8) is 0 Å². The van der Waals surface area contributed by atoms with Crippen LogP contribution in [0.15, 0.2) is 72.8 Å². The summed E-state index contributed by atoms with van der Waals surface area (Å²) in [5.41, 5.74) is 3.73. The highest BCUT2D eigenvalue weighted by Gasteiger charge is 2.40. The van der Waals surface area contributed by atoms with Crippen LogP contribution in [0.25, 0.3) is 0 Å². The number of anilines is 1. The number of hydrogen-bond acceptors (Lipinski definition) is 6. The fourth-order valence-corrected chi connectivity index (χ4v) is 6.50. The van der Waals surface area contributed by atoms with Gasteiger partial charge in [0.05, 0.1) is 24.0 Å². The maximum Gasteiger partial charge on any atom is 0.310 e. The van der Waals surface area contributed by atoms with Crippen LogP contribution in [0.1, 0.15) is 75.8 Å². The van der Waals surface area contributed by atoms with Crippen LogP contribution in [-0.2, 0) is 32.3 Å². The summed E-state index contributed by atoms with van der Waals surface area (Å²) in [6.07, 6.45) is 1.49. The predicted octanol–water partition coefficient (Wildman–Crippen LogP) is 7.50. The molecule has 246 valence electrons. The van der Waals surface area contributed by atoms with E-state index < -0.39 is 30.2 Å². The van der Waals surface area contributed by atoms with Crippen molar-refractivity contribution in [3.05, 3.63) is 95.1 Å². The molecule has 0 aliphatic heterocycles. The number of carboxylic acid groups (broad SMARTS) is 1. The van der Waals surface area contributed by atoms with Gasteiger partial charge in [-0.05, 0) is 79.7 Å². The molecule has 0 aliphatic carbocycles. The van der Waals surface area contributed by atoms with Gasteiger partial charge in [0.1, 0.15) is 12.4 Å². The Balaban J connectivity index is 1.89. The molecule has 0 fully saturated rings. The summed E-state index contributed by atoms with van der Waals surface area (Å²) in [6.45, 7) is 17.7. The Morgan fingerprint density at radius 2 is 1.51 bits per heavy atom. The molecule has 0 spiro atoms. The largest absolute Gasteiger partial charge is 0.487 e. The second kappa shape index (κ2) is 14.5. The lowest BCUT2D eigenvalue weighted by molar-refractivity contribution is -0.138. The molecule has 8 nitrogen and oxygen atoms in total. The van der Waals surface area contributed by atoms with Crippen molar-refractivity contribution in [1.82, 2.24) is 5.32 Å². The van der Waals surface area contributed by atoms with Crippen LogP contribution < -0.4 is 14.8 Å². The Morgan fingerprint density at radius 1 is 0.911 bits per heavy atom. The summed E-state index contributed by atoms with van der Waals surface area (Å²) in [5, 5.41) is 13.0. The molecule has 2 atom stereocenters. The van der Waals surface area contributed by atoms with Crippen LogP contribution in [0, 0.1) is 0 Å². The first-order valence-corrected chi connectivity index (χ1v) is 20.1. The van der Waals surface area contributed by atoms with E-state index in [2.05, 4.69) is 57.8 Å². The molecule has 0 aliphatic rings. The van der Waals surface area contributed by atoms with E-state index >= 15 is 0 Å². The van der Waals surface area contributed by atoms with Crippen LogP contribution in [0.3, 0.4) is 0 Å². The van der Waals surface area contributed by atoms with Crippen molar-refractivity contribution in [2.75, 3.05) is 17.5 Å². The van der Waals surface area contributed by atoms with Gasteiger partial charge in [-0.15, -0.1) is 0 Å². The zero-order valence-electron chi connectivity index (χ0n) is 28.1. The molecule has 3 N–H and O–H groups in total. The maximum atomic E-state index is 12.4. The molecule has 0 amide bonds. The molecular formula is C35H50N2O6SSi. The highest BCUT2D eigenvalue weighted by atomic mass is 32.2. The monoisotopic (exact) mass is 654 g/mol. The molecule has 0 radical (unpaired) electrons. The minimum absolute atomic E-state index is 0.0395. The third-order valence-electron chi connectivity index (χ3n) is 8.41. The summed E-state index contributed by atoms with van der Waals surface area (Å²) >= 11 is 0. The molecule has 0 bridgehead atoms.